The van der Waals surface area contributed by atoms with Gasteiger partial charge in [0.1, 0.15) is 17.2 Å². The number of rotatable bonds is 4. The van der Waals surface area contributed by atoms with E-state index in [1.807, 2.05) is 0 Å². The standard InChI is InChI=1S/C14H17F2NO4/c1-14(2,3)21-13(20)17-10(7-11(18)19)12-8(15)5-4-6-9(12)16/h4-6,10H,7H2,1-3H3,(H,17,20)(H,18,19). The van der Waals surface area contributed by atoms with Crippen LogP contribution in [0.15, 0.2) is 18.2 Å². The summed E-state index contributed by atoms with van der Waals surface area (Å²) in [4.78, 5) is 22.5. The van der Waals surface area contributed by atoms with E-state index in [-0.39, 0.29) is 0 Å². The third-order valence-corrected chi connectivity index (χ3v) is 2.42. The van der Waals surface area contributed by atoms with Gasteiger partial charge in [0.25, 0.3) is 0 Å². The molecule has 0 fully saturated rings. The second-order valence-electron chi connectivity index (χ2n) is 5.43. The molecule has 0 aliphatic heterocycles. The Bertz CT molecular complexity index is 520. The molecule has 0 bridgehead atoms. The van der Waals surface area contributed by atoms with Crippen LogP contribution in [0.5, 0.6) is 0 Å². The summed E-state index contributed by atoms with van der Waals surface area (Å²) in [6.45, 7) is 4.84. The molecule has 1 atom stereocenters. The predicted molar refractivity (Wildman–Crippen MR) is 70.7 cm³/mol. The number of carbonyl (C=O) groups excluding carboxylic acids is 1. The molecule has 21 heavy (non-hydrogen) atoms. The van der Waals surface area contributed by atoms with E-state index in [1.54, 1.807) is 20.8 Å². The number of carboxylic acids is 1. The summed E-state index contributed by atoms with van der Waals surface area (Å²) in [5, 5.41) is 11.0. The van der Waals surface area contributed by atoms with Crippen molar-refractivity contribution in [1.29, 1.82) is 0 Å². The van der Waals surface area contributed by atoms with Gasteiger partial charge < -0.3 is 15.2 Å². The number of carbonyl (C=O) groups is 2. The fraction of sp³-hybridized carbons (Fsp3) is 0.429. The average Bonchev–Trinajstić information content (AvgIpc) is 2.24. The van der Waals surface area contributed by atoms with Crippen LogP contribution < -0.4 is 5.32 Å². The molecule has 1 amide bonds. The van der Waals surface area contributed by atoms with Gasteiger partial charge in [0.15, 0.2) is 0 Å². The van der Waals surface area contributed by atoms with E-state index in [0.717, 1.165) is 18.2 Å². The summed E-state index contributed by atoms with van der Waals surface area (Å²) >= 11 is 0. The van der Waals surface area contributed by atoms with Crippen LogP contribution in [0.4, 0.5) is 13.6 Å². The summed E-state index contributed by atoms with van der Waals surface area (Å²) in [5.74, 6) is -3.17. The minimum Gasteiger partial charge on any atom is -0.481 e. The molecule has 7 heteroatoms. The van der Waals surface area contributed by atoms with E-state index in [9.17, 15) is 18.4 Å². The van der Waals surface area contributed by atoms with Gasteiger partial charge in [-0.25, -0.2) is 13.6 Å². The number of hydrogen-bond donors (Lipinski definition) is 2. The zero-order valence-electron chi connectivity index (χ0n) is 11.9. The van der Waals surface area contributed by atoms with Crippen molar-refractivity contribution in [2.75, 3.05) is 0 Å². The molecule has 0 spiro atoms. The Morgan fingerprint density at radius 3 is 2.24 bits per heavy atom. The van der Waals surface area contributed by atoms with Crippen molar-refractivity contribution < 1.29 is 28.2 Å². The summed E-state index contributed by atoms with van der Waals surface area (Å²) in [7, 11) is 0. The number of carboxylic acid groups (broad SMARTS) is 1. The first kappa shape index (κ1) is 16.9. The molecule has 0 aliphatic carbocycles. The smallest absolute Gasteiger partial charge is 0.408 e. The third kappa shape index (κ3) is 5.37. The highest BCUT2D eigenvalue weighted by molar-refractivity contribution is 5.72. The molecule has 1 aromatic carbocycles. The van der Waals surface area contributed by atoms with Crippen LogP contribution in [-0.4, -0.2) is 22.8 Å². The van der Waals surface area contributed by atoms with Gasteiger partial charge in [0.05, 0.1) is 12.5 Å². The molecule has 0 saturated carbocycles. The summed E-state index contributed by atoms with van der Waals surface area (Å²) in [6, 6.07) is 1.77. The van der Waals surface area contributed by atoms with Crippen molar-refractivity contribution in [2.45, 2.75) is 38.8 Å². The second kappa shape index (κ2) is 6.51. The SMILES string of the molecule is CC(C)(C)OC(=O)NC(CC(=O)O)c1c(F)cccc1F. The Morgan fingerprint density at radius 2 is 1.81 bits per heavy atom. The van der Waals surface area contributed by atoms with Crippen molar-refractivity contribution in [3.05, 3.63) is 35.4 Å². The lowest BCUT2D eigenvalue weighted by molar-refractivity contribution is -0.137. The number of alkyl carbamates (subject to hydrolysis) is 1. The van der Waals surface area contributed by atoms with Crippen LogP contribution in [-0.2, 0) is 9.53 Å². The second-order valence-corrected chi connectivity index (χ2v) is 5.43. The van der Waals surface area contributed by atoms with Crippen LogP contribution in [0.2, 0.25) is 0 Å². The summed E-state index contributed by atoms with van der Waals surface area (Å²) in [6.07, 6.45) is -1.62. The minimum atomic E-state index is -1.36. The number of aliphatic carboxylic acids is 1. The molecule has 0 aliphatic rings. The van der Waals surface area contributed by atoms with Gasteiger partial charge in [-0.2, -0.15) is 0 Å². The third-order valence-electron chi connectivity index (χ3n) is 2.42. The largest absolute Gasteiger partial charge is 0.481 e. The number of benzene rings is 1. The van der Waals surface area contributed by atoms with E-state index < -0.39 is 47.3 Å². The van der Waals surface area contributed by atoms with Crippen LogP contribution in [0.25, 0.3) is 0 Å². The van der Waals surface area contributed by atoms with E-state index in [2.05, 4.69) is 5.32 Å². The molecule has 0 aromatic heterocycles. The van der Waals surface area contributed by atoms with Crippen LogP contribution >= 0.6 is 0 Å². The quantitative estimate of drug-likeness (QED) is 0.896. The van der Waals surface area contributed by atoms with Gasteiger partial charge in [0, 0.05) is 5.56 Å². The number of ether oxygens (including phenoxy) is 1. The molecular formula is C14H17F2NO4. The van der Waals surface area contributed by atoms with Gasteiger partial charge in [-0.1, -0.05) is 6.07 Å². The molecular weight excluding hydrogens is 284 g/mol. The first-order valence-electron chi connectivity index (χ1n) is 6.25. The number of amides is 1. The Hall–Kier alpha value is -2.18. The zero-order valence-corrected chi connectivity index (χ0v) is 11.9. The van der Waals surface area contributed by atoms with Crippen LogP contribution in [0.1, 0.15) is 38.8 Å². The number of nitrogens with one attached hydrogen (secondary N) is 1. The van der Waals surface area contributed by atoms with Crippen molar-refractivity contribution in [3.8, 4) is 0 Å². The molecule has 116 valence electrons. The Kier molecular flexibility index (Phi) is 5.23. The topological polar surface area (TPSA) is 75.6 Å². The lowest BCUT2D eigenvalue weighted by Crippen LogP contribution is -2.36. The molecule has 5 nitrogen and oxygen atoms in total. The predicted octanol–water partition coefficient (Wildman–Crippen LogP) is 3.01. The maximum Gasteiger partial charge on any atom is 0.408 e. The maximum absolute atomic E-state index is 13.7. The molecule has 1 aromatic rings. The average molecular weight is 301 g/mol. The summed E-state index contributed by atoms with van der Waals surface area (Å²) in [5.41, 5.74) is -1.32. The normalized spacial score (nSPS) is 12.6. The molecule has 0 radical (unpaired) electrons. The monoisotopic (exact) mass is 301 g/mol. The van der Waals surface area contributed by atoms with Crippen molar-refractivity contribution in [3.63, 3.8) is 0 Å². The van der Waals surface area contributed by atoms with Crippen molar-refractivity contribution in [1.82, 2.24) is 5.32 Å². The van der Waals surface area contributed by atoms with Crippen LogP contribution in [0.3, 0.4) is 0 Å². The first-order chi connectivity index (χ1) is 9.60. The highest BCUT2D eigenvalue weighted by atomic mass is 19.1. The number of halogens is 2. The zero-order chi connectivity index (χ0) is 16.2. The molecule has 1 rings (SSSR count). The highest BCUT2D eigenvalue weighted by Crippen LogP contribution is 2.24. The Labute approximate surface area is 120 Å². The van der Waals surface area contributed by atoms with E-state index in [0.29, 0.717) is 0 Å². The van der Waals surface area contributed by atoms with E-state index >= 15 is 0 Å². The van der Waals surface area contributed by atoms with E-state index in [1.165, 1.54) is 0 Å². The first-order valence-corrected chi connectivity index (χ1v) is 6.25. The molecule has 2 N–H and O–H groups in total. The maximum atomic E-state index is 13.7. The fourth-order valence-electron chi connectivity index (χ4n) is 1.69. The molecule has 1 unspecified atom stereocenters. The van der Waals surface area contributed by atoms with Gasteiger partial charge in [-0.3, -0.25) is 4.79 Å². The highest BCUT2D eigenvalue weighted by Gasteiger charge is 2.26. The Morgan fingerprint density at radius 1 is 1.29 bits per heavy atom. The fourth-order valence-corrected chi connectivity index (χ4v) is 1.69. The summed E-state index contributed by atoms with van der Waals surface area (Å²) < 4.78 is 32.4. The van der Waals surface area contributed by atoms with E-state index in [4.69, 9.17) is 9.84 Å². The van der Waals surface area contributed by atoms with Gasteiger partial charge in [-0.15, -0.1) is 0 Å². The lowest BCUT2D eigenvalue weighted by Gasteiger charge is -2.23. The minimum absolute atomic E-state index is 0.509. The Balaban J connectivity index is 3.01. The lowest BCUT2D eigenvalue weighted by atomic mass is 10.0. The van der Waals surface area contributed by atoms with Gasteiger partial charge >= 0.3 is 12.1 Å². The van der Waals surface area contributed by atoms with Crippen molar-refractivity contribution >= 4 is 12.1 Å². The van der Waals surface area contributed by atoms with Crippen LogP contribution in [0, 0.1) is 11.6 Å². The molecule has 0 heterocycles. The van der Waals surface area contributed by atoms with Gasteiger partial charge in [0.2, 0.25) is 0 Å². The molecule has 0 saturated heterocycles. The van der Waals surface area contributed by atoms with Crippen molar-refractivity contribution in [2.24, 2.45) is 0 Å². The number of hydrogen-bond acceptors (Lipinski definition) is 3. The van der Waals surface area contributed by atoms with Gasteiger partial charge in [-0.05, 0) is 32.9 Å².